The van der Waals surface area contributed by atoms with Crippen molar-refractivity contribution in [2.45, 2.75) is 6.92 Å². The molecule has 0 aliphatic heterocycles. The van der Waals surface area contributed by atoms with E-state index in [2.05, 4.69) is 10.8 Å². The first-order valence-corrected chi connectivity index (χ1v) is 6.64. The van der Waals surface area contributed by atoms with Gasteiger partial charge in [0.25, 0.3) is 11.6 Å². The van der Waals surface area contributed by atoms with E-state index in [1.165, 1.54) is 18.2 Å². The third kappa shape index (κ3) is 3.80. The van der Waals surface area contributed by atoms with E-state index in [4.69, 9.17) is 4.84 Å². The fourth-order valence-electron chi connectivity index (χ4n) is 1.80. The van der Waals surface area contributed by atoms with Gasteiger partial charge in [0.2, 0.25) is 0 Å². The predicted molar refractivity (Wildman–Crippen MR) is 81.9 cm³/mol. The van der Waals surface area contributed by atoms with E-state index in [0.717, 1.165) is 5.69 Å². The molecule has 0 heterocycles. The Bertz CT molecular complexity index is 674. The maximum atomic E-state index is 11.8. The molecule has 0 saturated heterocycles. The van der Waals surface area contributed by atoms with Crippen LogP contribution < -0.4 is 10.8 Å². The SMILES string of the molecule is CCONC(=O)c1ccc(Nc2ccccc2)c([N+](=O)[O-])c1. The van der Waals surface area contributed by atoms with Crippen molar-refractivity contribution >= 4 is 23.0 Å². The second-order valence-corrected chi connectivity index (χ2v) is 4.34. The molecule has 114 valence electrons. The summed E-state index contributed by atoms with van der Waals surface area (Å²) in [6, 6.07) is 13.3. The number of hydrogen-bond donors (Lipinski definition) is 2. The van der Waals surface area contributed by atoms with Gasteiger partial charge >= 0.3 is 0 Å². The van der Waals surface area contributed by atoms with Crippen LogP contribution in [0.2, 0.25) is 0 Å². The highest BCUT2D eigenvalue weighted by Gasteiger charge is 2.17. The highest BCUT2D eigenvalue weighted by atomic mass is 16.6. The number of hydrogen-bond acceptors (Lipinski definition) is 5. The molecule has 0 fully saturated rings. The number of benzene rings is 2. The van der Waals surface area contributed by atoms with Gasteiger partial charge in [0.05, 0.1) is 11.5 Å². The molecule has 0 radical (unpaired) electrons. The van der Waals surface area contributed by atoms with Gasteiger partial charge in [-0.05, 0) is 31.2 Å². The number of anilines is 2. The van der Waals surface area contributed by atoms with Gasteiger partial charge < -0.3 is 5.32 Å². The van der Waals surface area contributed by atoms with E-state index in [1.807, 2.05) is 18.2 Å². The van der Waals surface area contributed by atoms with Crippen LogP contribution in [-0.4, -0.2) is 17.4 Å². The number of rotatable bonds is 6. The van der Waals surface area contributed by atoms with Gasteiger partial charge in [0, 0.05) is 17.3 Å². The van der Waals surface area contributed by atoms with Crippen molar-refractivity contribution in [1.29, 1.82) is 0 Å². The van der Waals surface area contributed by atoms with Gasteiger partial charge in [-0.1, -0.05) is 18.2 Å². The third-order valence-electron chi connectivity index (χ3n) is 2.82. The molecular formula is C15H15N3O4. The second-order valence-electron chi connectivity index (χ2n) is 4.34. The first-order valence-electron chi connectivity index (χ1n) is 6.64. The number of nitro benzene ring substituents is 1. The van der Waals surface area contributed by atoms with Crippen molar-refractivity contribution in [2.24, 2.45) is 0 Å². The minimum Gasteiger partial charge on any atom is -0.350 e. The van der Waals surface area contributed by atoms with Crippen LogP contribution in [0.3, 0.4) is 0 Å². The van der Waals surface area contributed by atoms with E-state index in [1.54, 1.807) is 19.1 Å². The Morgan fingerprint density at radius 3 is 2.59 bits per heavy atom. The first kappa shape index (κ1) is 15.5. The molecule has 2 N–H and O–H groups in total. The molecule has 0 saturated carbocycles. The lowest BCUT2D eigenvalue weighted by Crippen LogP contribution is -2.23. The molecular weight excluding hydrogens is 286 g/mol. The number of amides is 1. The summed E-state index contributed by atoms with van der Waals surface area (Å²) >= 11 is 0. The van der Waals surface area contributed by atoms with Gasteiger partial charge in [0.15, 0.2) is 0 Å². The summed E-state index contributed by atoms with van der Waals surface area (Å²) in [4.78, 5) is 27.2. The Kier molecular flexibility index (Phi) is 5.05. The molecule has 0 atom stereocenters. The van der Waals surface area contributed by atoms with Crippen molar-refractivity contribution < 1.29 is 14.6 Å². The van der Waals surface area contributed by atoms with Crippen LogP contribution in [0, 0.1) is 10.1 Å². The molecule has 7 heteroatoms. The maximum absolute atomic E-state index is 11.8. The fraction of sp³-hybridized carbons (Fsp3) is 0.133. The van der Waals surface area contributed by atoms with Crippen molar-refractivity contribution in [3.05, 3.63) is 64.2 Å². The molecule has 22 heavy (non-hydrogen) atoms. The molecule has 2 aromatic carbocycles. The smallest absolute Gasteiger partial charge is 0.293 e. The van der Waals surface area contributed by atoms with Crippen LogP contribution in [-0.2, 0) is 4.84 Å². The Labute approximate surface area is 127 Å². The summed E-state index contributed by atoms with van der Waals surface area (Å²) in [5.41, 5.74) is 3.20. The first-order chi connectivity index (χ1) is 10.6. The summed E-state index contributed by atoms with van der Waals surface area (Å²) in [5.74, 6) is -0.531. The minimum absolute atomic E-state index is 0.152. The van der Waals surface area contributed by atoms with Gasteiger partial charge in [-0.3, -0.25) is 19.7 Å². The van der Waals surface area contributed by atoms with E-state index >= 15 is 0 Å². The highest BCUT2D eigenvalue weighted by Crippen LogP contribution is 2.28. The van der Waals surface area contributed by atoms with Crippen molar-refractivity contribution in [3.63, 3.8) is 0 Å². The van der Waals surface area contributed by atoms with Crippen LogP contribution in [0.4, 0.5) is 17.1 Å². The molecule has 0 spiro atoms. The lowest BCUT2D eigenvalue weighted by atomic mass is 10.1. The highest BCUT2D eigenvalue weighted by molar-refractivity contribution is 5.95. The molecule has 0 aromatic heterocycles. The number of carbonyl (C=O) groups is 1. The van der Waals surface area contributed by atoms with E-state index in [0.29, 0.717) is 12.3 Å². The number of nitro groups is 1. The average molecular weight is 301 g/mol. The monoisotopic (exact) mass is 301 g/mol. The average Bonchev–Trinajstić information content (AvgIpc) is 2.53. The number of carbonyl (C=O) groups excluding carboxylic acids is 1. The van der Waals surface area contributed by atoms with Crippen LogP contribution in [0.1, 0.15) is 17.3 Å². The zero-order chi connectivity index (χ0) is 15.9. The van der Waals surface area contributed by atoms with Gasteiger partial charge in [-0.2, -0.15) is 0 Å². The molecule has 1 amide bonds. The standard InChI is InChI=1S/C15H15N3O4/c1-2-22-17-15(19)11-8-9-13(14(10-11)18(20)21)16-12-6-4-3-5-7-12/h3-10,16H,2H2,1H3,(H,17,19). The van der Waals surface area contributed by atoms with E-state index < -0.39 is 10.8 Å². The number of nitrogens with zero attached hydrogens (tertiary/aromatic N) is 1. The van der Waals surface area contributed by atoms with Gasteiger partial charge in [-0.15, -0.1) is 0 Å². The molecule has 0 aliphatic rings. The molecule has 0 unspecified atom stereocenters. The summed E-state index contributed by atoms with van der Waals surface area (Å²) < 4.78 is 0. The van der Waals surface area contributed by atoms with Crippen LogP contribution in [0.5, 0.6) is 0 Å². The summed E-state index contributed by atoms with van der Waals surface area (Å²) in [6.07, 6.45) is 0. The Balaban J connectivity index is 2.28. The van der Waals surface area contributed by atoms with E-state index in [9.17, 15) is 14.9 Å². The Hall–Kier alpha value is -2.93. The quantitative estimate of drug-likeness (QED) is 0.632. The largest absolute Gasteiger partial charge is 0.350 e. The lowest BCUT2D eigenvalue weighted by molar-refractivity contribution is -0.383. The molecule has 0 aliphatic carbocycles. The summed E-state index contributed by atoms with van der Waals surface area (Å²) in [7, 11) is 0. The van der Waals surface area contributed by atoms with Crippen LogP contribution in [0.25, 0.3) is 0 Å². The molecule has 0 bridgehead atoms. The number of para-hydroxylation sites is 1. The predicted octanol–water partition coefficient (Wildman–Crippen LogP) is 3.02. The van der Waals surface area contributed by atoms with Crippen LogP contribution in [0.15, 0.2) is 48.5 Å². The van der Waals surface area contributed by atoms with Crippen LogP contribution >= 0.6 is 0 Å². The van der Waals surface area contributed by atoms with Crippen molar-refractivity contribution in [3.8, 4) is 0 Å². The zero-order valence-electron chi connectivity index (χ0n) is 11.9. The van der Waals surface area contributed by atoms with Gasteiger partial charge in [0.1, 0.15) is 5.69 Å². The van der Waals surface area contributed by atoms with Crippen molar-refractivity contribution in [1.82, 2.24) is 5.48 Å². The minimum atomic E-state index is -0.539. The summed E-state index contributed by atoms with van der Waals surface area (Å²) in [6.45, 7) is 2.02. The lowest BCUT2D eigenvalue weighted by Gasteiger charge is -2.09. The third-order valence-corrected chi connectivity index (χ3v) is 2.82. The molecule has 2 aromatic rings. The topological polar surface area (TPSA) is 93.5 Å². The van der Waals surface area contributed by atoms with Gasteiger partial charge in [-0.25, -0.2) is 5.48 Å². The molecule has 2 rings (SSSR count). The summed E-state index contributed by atoms with van der Waals surface area (Å²) in [5, 5.41) is 14.2. The van der Waals surface area contributed by atoms with E-state index in [-0.39, 0.29) is 11.3 Å². The van der Waals surface area contributed by atoms with Crippen molar-refractivity contribution in [2.75, 3.05) is 11.9 Å². The Morgan fingerprint density at radius 2 is 1.95 bits per heavy atom. The maximum Gasteiger partial charge on any atom is 0.293 e. The number of nitrogens with one attached hydrogen (secondary N) is 2. The number of hydroxylamine groups is 1. The normalized spacial score (nSPS) is 10.0. The Morgan fingerprint density at radius 1 is 1.23 bits per heavy atom. The molecule has 7 nitrogen and oxygen atoms in total. The fourth-order valence-corrected chi connectivity index (χ4v) is 1.80. The zero-order valence-corrected chi connectivity index (χ0v) is 11.9. The second kappa shape index (κ2) is 7.19.